The molecule has 3 aromatic rings. The van der Waals surface area contributed by atoms with E-state index in [1.54, 1.807) is 0 Å². The van der Waals surface area contributed by atoms with E-state index < -0.39 is 6.36 Å². The number of nitrogens with one attached hydrogen (secondary N) is 2. The van der Waals surface area contributed by atoms with Crippen LogP contribution in [0.1, 0.15) is 11.1 Å². The van der Waals surface area contributed by atoms with Crippen LogP contribution >= 0.6 is 0 Å². The average Bonchev–Trinajstić information content (AvgIpc) is 3.20. The van der Waals surface area contributed by atoms with Gasteiger partial charge in [-0.2, -0.15) is 5.10 Å². The van der Waals surface area contributed by atoms with Gasteiger partial charge >= 0.3 is 6.36 Å². The summed E-state index contributed by atoms with van der Waals surface area (Å²) in [6, 6.07) is 13.1. The van der Waals surface area contributed by atoms with Crippen molar-refractivity contribution in [2.45, 2.75) is 19.5 Å². The topological polar surface area (TPSA) is 101 Å². The minimum atomic E-state index is -4.71. The summed E-state index contributed by atoms with van der Waals surface area (Å²) in [4.78, 5) is 8.36. The van der Waals surface area contributed by atoms with Gasteiger partial charge in [0.15, 0.2) is 11.8 Å². The quantitative estimate of drug-likeness (QED) is 0.444. The molecular weight excluding hydrogens is 373 g/mol. The van der Waals surface area contributed by atoms with Crippen LogP contribution in [0.2, 0.25) is 0 Å². The number of rotatable bonds is 6. The van der Waals surface area contributed by atoms with Gasteiger partial charge in [-0.1, -0.05) is 30.3 Å². The summed E-state index contributed by atoms with van der Waals surface area (Å²) < 4.78 is 40.3. The number of hydrogen-bond donors (Lipinski definition) is 3. The highest BCUT2D eigenvalue weighted by Crippen LogP contribution is 2.22. The molecule has 3 rings (SSSR count). The summed E-state index contributed by atoms with van der Waals surface area (Å²) in [6.45, 7) is 0.679. The van der Waals surface area contributed by atoms with Crippen molar-refractivity contribution in [3.63, 3.8) is 0 Å². The van der Waals surface area contributed by atoms with Gasteiger partial charge in [0.1, 0.15) is 12.1 Å². The van der Waals surface area contributed by atoms with E-state index in [9.17, 15) is 13.2 Å². The molecule has 0 fully saturated rings. The summed E-state index contributed by atoms with van der Waals surface area (Å²) in [5.74, 6) is 0.611. The van der Waals surface area contributed by atoms with Crippen LogP contribution in [-0.4, -0.2) is 27.5 Å². The van der Waals surface area contributed by atoms with Crippen LogP contribution in [0.3, 0.4) is 0 Å². The summed E-state index contributed by atoms with van der Waals surface area (Å²) in [7, 11) is 0. The maximum Gasteiger partial charge on any atom is 0.573 e. The zero-order valence-electron chi connectivity index (χ0n) is 14.6. The fourth-order valence-electron chi connectivity index (χ4n) is 2.40. The van der Waals surface area contributed by atoms with E-state index in [2.05, 4.69) is 30.2 Å². The molecular formula is C18H17F3N6O. The molecule has 1 aromatic heterocycles. The lowest BCUT2D eigenvalue weighted by molar-refractivity contribution is -0.274. The van der Waals surface area contributed by atoms with Crippen LogP contribution in [-0.2, 0) is 13.1 Å². The first kappa shape index (κ1) is 19.2. The van der Waals surface area contributed by atoms with Crippen molar-refractivity contribution >= 4 is 5.96 Å². The predicted octanol–water partition coefficient (Wildman–Crippen LogP) is 2.97. The van der Waals surface area contributed by atoms with Crippen LogP contribution in [0.4, 0.5) is 13.2 Å². The molecule has 0 radical (unpaired) electrons. The number of guanidine groups is 1. The predicted molar refractivity (Wildman–Crippen MR) is 97.1 cm³/mol. The number of benzene rings is 2. The van der Waals surface area contributed by atoms with Crippen molar-refractivity contribution in [1.82, 2.24) is 20.5 Å². The Bertz CT molecular complexity index is 923. The van der Waals surface area contributed by atoms with E-state index in [1.165, 1.54) is 30.6 Å². The molecule has 1 heterocycles. The number of alkyl halides is 3. The first-order valence-electron chi connectivity index (χ1n) is 8.22. The number of halogens is 3. The molecule has 0 spiro atoms. The second-order valence-electron chi connectivity index (χ2n) is 5.78. The first-order valence-corrected chi connectivity index (χ1v) is 8.22. The standard InChI is InChI=1S/C18H17F3N6O/c19-18(20,21)28-15-6-4-12(5-7-15)9-23-17(22)24-10-13-2-1-3-14(8-13)16-25-11-26-27-16/h1-8,11H,9-10H2,(H3,22,23,24)(H,25,26,27). The van der Waals surface area contributed by atoms with Crippen molar-refractivity contribution in [2.24, 2.45) is 10.7 Å². The molecule has 0 amide bonds. The molecule has 0 aliphatic carbocycles. The third kappa shape index (κ3) is 5.73. The lowest BCUT2D eigenvalue weighted by Gasteiger charge is -2.10. The van der Waals surface area contributed by atoms with Crippen LogP contribution in [0.25, 0.3) is 11.4 Å². The fraction of sp³-hybridized carbons (Fsp3) is 0.167. The maximum absolute atomic E-state index is 12.2. The molecule has 0 unspecified atom stereocenters. The SMILES string of the molecule is NC(=NCc1cccc(-c2ncn[nH]2)c1)NCc1ccc(OC(F)(F)F)cc1. The Morgan fingerprint density at radius 1 is 1.14 bits per heavy atom. The Morgan fingerprint density at radius 3 is 2.61 bits per heavy atom. The summed E-state index contributed by atoms with van der Waals surface area (Å²) >= 11 is 0. The van der Waals surface area contributed by atoms with E-state index in [0.29, 0.717) is 18.9 Å². The van der Waals surface area contributed by atoms with E-state index in [4.69, 9.17) is 5.73 Å². The number of ether oxygens (including phenoxy) is 1. The molecule has 4 N–H and O–H groups in total. The van der Waals surface area contributed by atoms with Crippen LogP contribution < -0.4 is 15.8 Å². The Labute approximate surface area is 158 Å². The molecule has 28 heavy (non-hydrogen) atoms. The van der Waals surface area contributed by atoms with Gasteiger partial charge in [-0.3, -0.25) is 5.10 Å². The normalized spacial score (nSPS) is 12.0. The Hall–Kier alpha value is -3.56. The number of hydrogen-bond acceptors (Lipinski definition) is 4. The second-order valence-corrected chi connectivity index (χ2v) is 5.78. The smallest absolute Gasteiger partial charge is 0.406 e. The lowest BCUT2D eigenvalue weighted by atomic mass is 10.1. The largest absolute Gasteiger partial charge is 0.573 e. The van der Waals surface area contributed by atoms with Gasteiger partial charge in [-0.25, -0.2) is 9.98 Å². The molecule has 0 aliphatic heterocycles. The highest BCUT2D eigenvalue weighted by Gasteiger charge is 2.30. The molecule has 0 atom stereocenters. The van der Waals surface area contributed by atoms with Gasteiger partial charge in [0, 0.05) is 12.1 Å². The number of aliphatic imine (C=N–C) groups is 1. The Morgan fingerprint density at radius 2 is 1.93 bits per heavy atom. The Balaban J connectivity index is 1.53. The van der Waals surface area contributed by atoms with Crippen LogP contribution in [0, 0.1) is 0 Å². The third-order valence-corrected chi connectivity index (χ3v) is 3.68. The van der Waals surface area contributed by atoms with Crippen molar-refractivity contribution in [3.05, 3.63) is 66.0 Å². The van der Waals surface area contributed by atoms with Crippen LogP contribution in [0.15, 0.2) is 59.9 Å². The van der Waals surface area contributed by atoms with Crippen molar-refractivity contribution in [1.29, 1.82) is 0 Å². The number of nitrogens with zero attached hydrogens (tertiary/aromatic N) is 3. The van der Waals surface area contributed by atoms with E-state index in [0.717, 1.165) is 16.7 Å². The second kappa shape index (κ2) is 8.42. The van der Waals surface area contributed by atoms with Gasteiger partial charge in [0.2, 0.25) is 0 Å². The molecule has 7 nitrogen and oxygen atoms in total. The van der Waals surface area contributed by atoms with Crippen molar-refractivity contribution in [2.75, 3.05) is 0 Å². The first-order chi connectivity index (χ1) is 13.4. The summed E-state index contributed by atoms with van der Waals surface area (Å²) in [5.41, 5.74) is 8.41. The van der Waals surface area contributed by atoms with E-state index in [-0.39, 0.29) is 11.7 Å². The highest BCUT2D eigenvalue weighted by atomic mass is 19.4. The zero-order valence-corrected chi connectivity index (χ0v) is 14.6. The van der Waals surface area contributed by atoms with Gasteiger partial charge in [-0.15, -0.1) is 13.2 Å². The minimum Gasteiger partial charge on any atom is -0.406 e. The average molecular weight is 390 g/mol. The number of aromatic nitrogens is 3. The van der Waals surface area contributed by atoms with E-state index >= 15 is 0 Å². The van der Waals surface area contributed by atoms with Gasteiger partial charge in [-0.05, 0) is 29.3 Å². The maximum atomic E-state index is 12.2. The monoisotopic (exact) mass is 390 g/mol. The zero-order chi connectivity index (χ0) is 20.0. The molecule has 0 saturated carbocycles. The number of aromatic amines is 1. The van der Waals surface area contributed by atoms with Gasteiger partial charge in [0.25, 0.3) is 0 Å². The van der Waals surface area contributed by atoms with Crippen molar-refractivity contribution < 1.29 is 17.9 Å². The summed E-state index contributed by atoms with van der Waals surface area (Å²) in [5, 5.41) is 9.53. The lowest BCUT2D eigenvalue weighted by Crippen LogP contribution is -2.31. The van der Waals surface area contributed by atoms with Gasteiger partial charge < -0.3 is 15.8 Å². The van der Waals surface area contributed by atoms with Crippen molar-refractivity contribution in [3.8, 4) is 17.1 Å². The minimum absolute atomic E-state index is 0.223. The molecule has 10 heteroatoms. The highest BCUT2D eigenvalue weighted by molar-refractivity contribution is 5.77. The number of nitrogens with two attached hydrogens (primary N) is 1. The van der Waals surface area contributed by atoms with Crippen LogP contribution in [0.5, 0.6) is 5.75 Å². The summed E-state index contributed by atoms with van der Waals surface area (Å²) in [6.07, 6.45) is -3.27. The third-order valence-electron chi connectivity index (χ3n) is 3.68. The number of H-pyrrole nitrogens is 1. The van der Waals surface area contributed by atoms with E-state index in [1.807, 2.05) is 24.3 Å². The fourth-order valence-corrected chi connectivity index (χ4v) is 2.40. The molecule has 0 bridgehead atoms. The Kier molecular flexibility index (Phi) is 5.78. The molecule has 0 aliphatic rings. The molecule has 0 saturated heterocycles. The van der Waals surface area contributed by atoms with Gasteiger partial charge in [0.05, 0.1) is 6.54 Å². The molecule has 2 aromatic carbocycles. The molecule has 146 valence electrons.